The predicted molar refractivity (Wildman–Crippen MR) is 85.0 cm³/mol. The highest BCUT2D eigenvalue weighted by Gasteiger charge is 2.20. The maximum Gasteiger partial charge on any atom is 0.150 e. The number of aryl methyl sites for hydroxylation is 1. The van der Waals surface area contributed by atoms with Gasteiger partial charge in [0.1, 0.15) is 4.34 Å². The molecule has 0 spiro atoms. The minimum absolute atomic E-state index is 0.361. The Bertz CT molecular complexity index is 496. The highest BCUT2D eigenvalue weighted by molar-refractivity contribution is 8.01. The quantitative estimate of drug-likeness (QED) is 0.804. The molecule has 0 aliphatic carbocycles. The summed E-state index contributed by atoms with van der Waals surface area (Å²) in [6.07, 6.45) is 0. The lowest BCUT2D eigenvalue weighted by Gasteiger charge is -2.24. The fourth-order valence-corrected chi connectivity index (χ4v) is 4.30. The van der Waals surface area contributed by atoms with Gasteiger partial charge in [-0.15, -0.1) is 11.3 Å². The number of thiazole rings is 1. The van der Waals surface area contributed by atoms with Crippen LogP contribution in [0.4, 0.5) is 0 Å². The lowest BCUT2D eigenvalue weighted by Crippen LogP contribution is -2.28. The molecular formula is C15H20N2S2. The molecule has 0 aliphatic heterocycles. The number of rotatable bonds is 6. The maximum atomic E-state index is 4.54. The van der Waals surface area contributed by atoms with Crippen molar-refractivity contribution >= 4 is 23.1 Å². The van der Waals surface area contributed by atoms with Crippen LogP contribution in [0.2, 0.25) is 0 Å². The molecule has 2 atom stereocenters. The molecule has 0 saturated heterocycles. The van der Waals surface area contributed by atoms with Crippen molar-refractivity contribution in [1.82, 2.24) is 10.3 Å². The van der Waals surface area contributed by atoms with Crippen LogP contribution in [0.3, 0.4) is 0 Å². The first-order valence-electron chi connectivity index (χ1n) is 6.57. The second-order valence-corrected chi connectivity index (χ2v) is 7.01. The van der Waals surface area contributed by atoms with Gasteiger partial charge in [0.15, 0.2) is 0 Å². The van der Waals surface area contributed by atoms with Gasteiger partial charge in [-0.1, -0.05) is 55.9 Å². The Labute approximate surface area is 123 Å². The predicted octanol–water partition coefficient (Wildman–Crippen LogP) is 4.28. The van der Waals surface area contributed by atoms with Gasteiger partial charge in [-0.3, -0.25) is 0 Å². The van der Waals surface area contributed by atoms with E-state index in [1.807, 2.05) is 18.7 Å². The summed E-state index contributed by atoms with van der Waals surface area (Å²) in [7, 11) is 0. The average Bonchev–Trinajstić information content (AvgIpc) is 2.82. The Balaban J connectivity index is 2.10. The Morgan fingerprint density at radius 2 is 2.05 bits per heavy atom. The van der Waals surface area contributed by atoms with Crippen LogP contribution in [0.5, 0.6) is 0 Å². The SMILES string of the molecule is CCNC(c1ccccc1)C(C)Sc1nc(C)cs1. The van der Waals surface area contributed by atoms with Gasteiger partial charge in [0, 0.05) is 22.4 Å². The van der Waals surface area contributed by atoms with Crippen molar-refractivity contribution in [2.24, 2.45) is 0 Å². The Morgan fingerprint density at radius 1 is 1.32 bits per heavy atom. The molecular weight excluding hydrogens is 272 g/mol. The molecule has 2 rings (SSSR count). The van der Waals surface area contributed by atoms with E-state index in [9.17, 15) is 0 Å². The molecule has 0 bridgehead atoms. The second kappa shape index (κ2) is 7.08. The molecule has 102 valence electrons. The van der Waals surface area contributed by atoms with Crippen molar-refractivity contribution in [3.8, 4) is 0 Å². The zero-order valence-electron chi connectivity index (χ0n) is 11.6. The number of nitrogens with one attached hydrogen (secondary N) is 1. The lowest BCUT2D eigenvalue weighted by molar-refractivity contribution is 0.548. The molecule has 19 heavy (non-hydrogen) atoms. The van der Waals surface area contributed by atoms with Crippen LogP contribution in [0.15, 0.2) is 40.1 Å². The van der Waals surface area contributed by atoms with Gasteiger partial charge in [0.25, 0.3) is 0 Å². The van der Waals surface area contributed by atoms with Gasteiger partial charge in [0.2, 0.25) is 0 Å². The smallest absolute Gasteiger partial charge is 0.150 e. The summed E-state index contributed by atoms with van der Waals surface area (Å²) in [5, 5.41) is 6.14. The van der Waals surface area contributed by atoms with Gasteiger partial charge in [0.05, 0.1) is 0 Å². The first-order valence-corrected chi connectivity index (χ1v) is 8.33. The number of hydrogen-bond acceptors (Lipinski definition) is 4. The number of hydrogen-bond donors (Lipinski definition) is 1. The third kappa shape index (κ3) is 4.06. The molecule has 4 heteroatoms. The summed E-state index contributed by atoms with van der Waals surface area (Å²) in [5.74, 6) is 0. The standard InChI is InChI=1S/C15H20N2S2/c1-4-16-14(13-8-6-5-7-9-13)12(3)19-15-17-11(2)10-18-15/h5-10,12,14,16H,4H2,1-3H3. The van der Waals surface area contributed by atoms with Crippen molar-refractivity contribution in [3.05, 3.63) is 47.0 Å². The van der Waals surface area contributed by atoms with E-state index >= 15 is 0 Å². The van der Waals surface area contributed by atoms with Crippen LogP contribution in [-0.4, -0.2) is 16.8 Å². The normalized spacial score (nSPS) is 14.3. The van der Waals surface area contributed by atoms with Crippen molar-refractivity contribution in [1.29, 1.82) is 0 Å². The number of aromatic nitrogens is 1. The van der Waals surface area contributed by atoms with E-state index < -0.39 is 0 Å². The fourth-order valence-electron chi connectivity index (χ4n) is 2.05. The number of benzene rings is 1. The molecule has 0 fully saturated rings. The molecule has 1 aromatic heterocycles. The summed E-state index contributed by atoms with van der Waals surface area (Å²) < 4.78 is 1.16. The summed E-state index contributed by atoms with van der Waals surface area (Å²) >= 11 is 3.58. The van der Waals surface area contributed by atoms with Crippen molar-refractivity contribution in [3.63, 3.8) is 0 Å². The molecule has 0 aliphatic rings. The van der Waals surface area contributed by atoms with Gasteiger partial charge < -0.3 is 5.32 Å². The van der Waals surface area contributed by atoms with Crippen LogP contribution >= 0.6 is 23.1 Å². The zero-order chi connectivity index (χ0) is 13.7. The van der Waals surface area contributed by atoms with Crippen molar-refractivity contribution < 1.29 is 0 Å². The molecule has 2 nitrogen and oxygen atoms in total. The maximum absolute atomic E-state index is 4.54. The topological polar surface area (TPSA) is 24.9 Å². The van der Waals surface area contributed by atoms with Gasteiger partial charge >= 0.3 is 0 Å². The van der Waals surface area contributed by atoms with Crippen LogP contribution < -0.4 is 5.32 Å². The van der Waals surface area contributed by atoms with Gasteiger partial charge in [-0.2, -0.15) is 0 Å². The van der Waals surface area contributed by atoms with E-state index in [4.69, 9.17) is 0 Å². The van der Waals surface area contributed by atoms with E-state index in [1.54, 1.807) is 11.3 Å². The molecule has 2 unspecified atom stereocenters. The molecule has 1 aromatic carbocycles. The lowest BCUT2D eigenvalue weighted by atomic mass is 10.0. The fraction of sp³-hybridized carbons (Fsp3) is 0.400. The van der Waals surface area contributed by atoms with E-state index in [0.717, 1.165) is 16.6 Å². The molecule has 0 radical (unpaired) electrons. The summed E-state index contributed by atoms with van der Waals surface area (Å²) in [4.78, 5) is 4.54. The molecule has 1 heterocycles. The minimum Gasteiger partial charge on any atom is -0.309 e. The van der Waals surface area contributed by atoms with E-state index in [1.165, 1.54) is 5.56 Å². The first kappa shape index (κ1) is 14.6. The molecule has 2 aromatic rings. The summed E-state index contributed by atoms with van der Waals surface area (Å²) in [5.41, 5.74) is 2.46. The van der Waals surface area contributed by atoms with Gasteiger partial charge in [-0.25, -0.2) is 4.98 Å². The summed E-state index contributed by atoms with van der Waals surface area (Å²) in [6, 6.07) is 11.0. The first-order chi connectivity index (χ1) is 9.20. The van der Waals surface area contributed by atoms with Crippen LogP contribution in [0.25, 0.3) is 0 Å². The Morgan fingerprint density at radius 3 is 2.63 bits per heavy atom. The minimum atomic E-state index is 0.361. The number of thioether (sulfide) groups is 1. The number of nitrogens with zero attached hydrogens (tertiary/aromatic N) is 1. The highest BCUT2D eigenvalue weighted by atomic mass is 32.2. The molecule has 0 saturated carbocycles. The third-order valence-electron chi connectivity index (χ3n) is 2.94. The van der Waals surface area contributed by atoms with Crippen LogP contribution in [0, 0.1) is 6.92 Å². The monoisotopic (exact) mass is 292 g/mol. The van der Waals surface area contributed by atoms with Crippen molar-refractivity contribution in [2.75, 3.05) is 6.54 Å². The zero-order valence-corrected chi connectivity index (χ0v) is 13.2. The van der Waals surface area contributed by atoms with E-state index in [0.29, 0.717) is 11.3 Å². The Hall–Kier alpha value is -0.840. The highest BCUT2D eigenvalue weighted by Crippen LogP contribution is 2.33. The average molecular weight is 292 g/mol. The van der Waals surface area contributed by atoms with E-state index in [2.05, 4.69) is 59.9 Å². The van der Waals surface area contributed by atoms with E-state index in [-0.39, 0.29) is 0 Å². The summed E-state index contributed by atoms with van der Waals surface area (Å²) in [6.45, 7) is 7.44. The third-order valence-corrected chi connectivity index (χ3v) is 5.20. The molecule has 1 N–H and O–H groups in total. The Kier molecular flexibility index (Phi) is 5.43. The largest absolute Gasteiger partial charge is 0.309 e. The second-order valence-electron chi connectivity index (χ2n) is 4.52. The molecule has 0 amide bonds. The van der Waals surface area contributed by atoms with Gasteiger partial charge in [-0.05, 0) is 19.0 Å². The van der Waals surface area contributed by atoms with Crippen LogP contribution in [0.1, 0.15) is 31.1 Å². The van der Waals surface area contributed by atoms with Crippen molar-refractivity contribution in [2.45, 2.75) is 36.4 Å². The van der Waals surface area contributed by atoms with Crippen LogP contribution in [-0.2, 0) is 0 Å².